The van der Waals surface area contributed by atoms with E-state index in [9.17, 15) is 0 Å². The third-order valence-corrected chi connectivity index (χ3v) is 4.30. The van der Waals surface area contributed by atoms with Gasteiger partial charge in [-0.15, -0.1) is 0 Å². The zero-order valence-electron chi connectivity index (χ0n) is 8.96. The lowest BCUT2D eigenvalue weighted by Gasteiger charge is -2.03. The largest absolute Gasteiger partial charge is 0.335 e. The summed E-state index contributed by atoms with van der Waals surface area (Å²) in [5.74, 6) is 7.05. The second-order valence-electron chi connectivity index (χ2n) is 5.13. The zero-order chi connectivity index (χ0) is 10.7. The van der Waals surface area contributed by atoms with E-state index in [2.05, 4.69) is 37.9 Å². The molecule has 1 heterocycles. The second kappa shape index (κ2) is 2.39. The first kappa shape index (κ1) is 9.71. The first-order valence-corrected chi connectivity index (χ1v) is 5.13. The van der Waals surface area contributed by atoms with Crippen LogP contribution >= 0.6 is 12.2 Å². The van der Waals surface area contributed by atoms with E-state index in [0.29, 0.717) is 10.7 Å². The highest BCUT2D eigenvalue weighted by Gasteiger charge is 2.67. The molecule has 4 nitrogen and oxygen atoms in total. The van der Waals surface area contributed by atoms with E-state index < -0.39 is 0 Å². The van der Waals surface area contributed by atoms with Crippen molar-refractivity contribution in [1.82, 2.24) is 14.9 Å². The zero-order valence-corrected chi connectivity index (χ0v) is 9.77. The van der Waals surface area contributed by atoms with Gasteiger partial charge in [-0.1, -0.05) is 27.7 Å². The summed E-state index contributed by atoms with van der Waals surface area (Å²) in [6.45, 7) is 8.93. The summed E-state index contributed by atoms with van der Waals surface area (Å²) in [6, 6.07) is 0. The van der Waals surface area contributed by atoms with Crippen LogP contribution in [0, 0.1) is 15.6 Å². The van der Waals surface area contributed by atoms with E-state index in [-0.39, 0.29) is 10.8 Å². The molecule has 5 heteroatoms. The molecule has 0 aromatic carbocycles. The third-order valence-electron chi connectivity index (χ3n) is 4.01. The molecule has 1 aliphatic carbocycles. The molecular weight excluding hydrogens is 196 g/mol. The summed E-state index contributed by atoms with van der Waals surface area (Å²) in [5.41, 5.74) is 0.482. The van der Waals surface area contributed by atoms with E-state index >= 15 is 0 Å². The lowest BCUT2D eigenvalue weighted by atomic mass is 10.0. The quantitative estimate of drug-likeness (QED) is 0.551. The average molecular weight is 212 g/mol. The maximum absolute atomic E-state index is 5.80. The van der Waals surface area contributed by atoms with Crippen molar-refractivity contribution in [3.05, 3.63) is 10.6 Å². The van der Waals surface area contributed by atoms with E-state index in [1.807, 2.05) is 0 Å². The number of nitrogens with zero attached hydrogens (tertiary/aromatic N) is 2. The van der Waals surface area contributed by atoms with Crippen molar-refractivity contribution >= 4 is 12.2 Å². The van der Waals surface area contributed by atoms with Crippen LogP contribution in [0.25, 0.3) is 0 Å². The van der Waals surface area contributed by atoms with Gasteiger partial charge in [-0.25, -0.2) is 4.68 Å². The number of nitrogens with two attached hydrogens (primary N) is 1. The topological polar surface area (TPSA) is 59.6 Å². The molecule has 0 saturated heterocycles. The van der Waals surface area contributed by atoms with Crippen LogP contribution in [0.15, 0.2) is 0 Å². The van der Waals surface area contributed by atoms with Crippen LogP contribution in [0.1, 0.15) is 39.4 Å². The summed E-state index contributed by atoms with van der Waals surface area (Å²) in [4.78, 5) is 0. The molecule has 0 amide bonds. The molecule has 0 bridgehead atoms. The van der Waals surface area contributed by atoms with E-state index in [1.165, 1.54) is 4.68 Å². The molecule has 0 atom stereocenters. The standard InChI is InChI=1S/C9H16N4S/c1-8(2)5(9(8,3)4)6-11-12-7(14)13(6)10/h5H,10H2,1-4H3,(H,12,14). The van der Waals surface area contributed by atoms with Crippen molar-refractivity contribution in [3.8, 4) is 0 Å². The lowest BCUT2D eigenvalue weighted by molar-refractivity contribution is 0.457. The number of hydrogen-bond acceptors (Lipinski definition) is 3. The molecular formula is C9H16N4S. The van der Waals surface area contributed by atoms with Gasteiger partial charge in [0.25, 0.3) is 0 Å². The molecule has 0 unspecified atom stereocenters. The normalized spacial score (nSPS) is 23.7. The van der Waals surface area contributed by atoms with Crippen LogP contribution in [0.5, 0.6) is 0 Å². The van der Waals surface area contributed by atoms with E-state index in [4.69, 9.17) is 18.1 Å². The number of aromatic amines is 1. The van der Waals surface area contributed by atoms with Crippen molar-refractivity contribution in [3.63, 3.8) is 0 Å². The van der Waals surface area contributed by atoms with Gasteiger partial charge in [0.2, 0.25) is 4.77 Å². The number of nitrogen functional groups attached to an aromatic ring is 1. The first-order valence-electron chi connectivity index (χ1n) is 4.72. The highest BCUT2D eigenvalue weighted by Crippen LogP contribution is 2.73. The molecule has 1 aliphatic rings. The Morgan fingerprint density at radius 3 is 2.14 bits per heavy atom. The summed E-state index contributed by atoms with van der Waals surface area (Å²) >= 11 is 4.99. The molecule has 2 rings (SSSR count). The van der Waals surface area contributed by atoms with Gasteiger partial charge in [-0.3, -0.25) is 5.10 Å². The highest BCUT2D eigenvalue weighted by molar-refractivity contribution is 7.71. The third kappa shape index (κ3) is 0.932. The Labute approximate surface area is 88.5 Å². The molecule has 1 aromatic rings. The van der Waals surface area contributed by atoms with Crippen molar-refractivity contribution in [2.24, 2.45) is 10.8 Å². The Hall–Kier alpha value is -0.840. The second-order valence-corrected chi connectivity index (χ2v) is 5.52. The van der Waals surface area contributed by atoms with Crippen LogP contribution in [0.3, 0.4) is 0 Å². The number of aromatic nitrogens is 3. The summed E-state index contributed by atoms with van der Waals surface area (Å²) in [7, 11) is 0. The molecule has 0 aliphatic heterocycles. The molecule has 0 radical (unpaired) electrons. The lowest BCUT2D eigenvalue weighted by Crippen LogP contribution is -2.13. The molecule has 0 spiro atoms. The van der Waals surface area contributed by atoms with Crippen LogP contribution < -0.4 is 5.84 Å². The van der Waals surface area contributed by atoms with Gasteiger partial charge in [0, 0.05) is 5.92 Å². The molecule has 3 N–H and O–H groups in total. The maximum Gasteiger partial charge on any atom is 0.214 e. The van der Waals surface area contributed by atoms with Gasteiger partial charge >= 0.3 is 0 Å². The Bertz CT molecular complexity index is 412. The Morgan fingerprint density at radius 2 is 1.86 bits per heavy atom. The van der Waals surface area contributed by atoms with Crippen molar-refractivity contribution in [2.45, 2.75) is 33.6 Å². The first-order chi connectivity index (χ1) is 6.30. The van der Waals surface area contributed by atoms with Crippen molar-refractivity contribution in [1.29, 1.82) is 0 Å². The van der Waals surface area contributed by atoms with E-state index in [1.54, 1.807) is 0 Å². The van der Waals surface area contributed by atoms with Gasteiger partial charge in [-0.2, -0.15) is 5.10 Å². The predicted octanol–water partition coefficient (Wildman–Crippen LogP) is 1.80. The van der Waals surface area contributed by atoms with Crippen LogP contribution in [0.2, 0.25) is 0 Å². The fourth-order valence-electron chi connectivity index (χ4n) is 2.36. The Balaban J connectivity index is 2.46. The molecule has 78 valence electrons. The Kier molecular flexibility index (Phi) is 1.66. The number of rotatable bonds is 1. The highest BCUT2D eigenvalue weighted by atomic mass is 32.1. The summed E-state index contributed by atoms with van der Waals surface area (Å²) in [5, 5.41) is 6.91. The van der Waals surface area contributed by atoms with Gasteiger partial charge < -0.3 is 5.84 Å². The Morgan fingerprint density at radius 1 is 1.36 bits per heavy atom. The molecule has 14 heavy (non-hydrogen) atoms. The smallest absolute Gasteiger partial charge is 0.214 e. The monoisotopic (exact) mass is 212 g/mol. The van der Waals surface area contributed by atoms with Crippen molar-refractivity contribution < 1.29 is 0 Å². The van der Waals surface area contributed by atoms with Gasteiger partial charge in [0.15, 0.2) is 5.82 Å². The molecule has 1 saturated carbocycles. The molecule has 1 aromatic heterocycles. The minimum Gasteiger partial charge on any atom is -0.335 e. The van der Waals surface area contributed by atoms with Gasteiger partial charge in [-0.05, 0) is 23.0 Å². The van der Waals surface area contributed by atoms with E-state index in [0.717, 1.165) is 5.82 Å². The SMILES string of the molecule is CC1(C)C(c2n[nH]c(=S)n2N)C1(C)C. The number of nitrogens with one attached hydrogen (secondary N) is 1. The molecule has 1 fully saturated rings. The fourth-order valence-corrected chi connectivity index (χ4v) is 2.50. The summed E-state index contributed by atoms with van der Waals surface area (Å²) in [6.07, 6.45) is 0. The van der Waals surface area contributed by atoms with Crippen LogP contribution in [-0.2, 0) is 0 Å². The summed E-state index contributed by atoms with van der Waals surface area (Å²) < 4.78 is 1.97. The van der Waals surface area contributed by atoms with Gasteiger partial charge in [0.05, 0.1) is 0 Å². The van der Waals surface area contributed by atoms with Crippen LogP contribution in [0.4, 0.5) is 0 Å². The predicted molar refractivity (Wildman–Crippen MR) is 57.9 cm³/mol. The fraction of sp³-hybridized carbons (Fsp3) is 0.778. The minimum absolute atomic E-state index is 0.241. The number of H-pyrrole nitrogens is 1. The van der Waals surface area contributed by atoms with Gasteiger partial charge in [0.1, 0.15) is 0 Å². The minimum atomic E-state index is 0.241. The number of hydrogen-bond donors (Lipinski definition) is 2. The maximum atomic E-state index is 5.80. The van der Waals surface area contributed by atoms with Crippen molar-refractivity contribution in [2.75, 3.05) is 5.84 Å². The van der Waals surface area contributed by atoms with Crippen LogP contribution in [-0.4, -0.2) is 14.9 Å². The average Bonchev–Trinajstić information content (AvgIpc) is 2.36.